The average molecular weight is 273 g/mol. The molecule has 5 nitrogen and oxygen atoms in total. The number of aryl methyl sites for hydroxylation is 1. The molecule has 1 N–H and O–H groups in total. The first-order valence-corrected chi connectivity index (χ1v) is 6.88. The molecule has 1 saturated heterocycles. The average Bonchev–Trinajstić information content (AvgIpc) is 2.46. The molecule has 1 fully saturated rings. The van der Waals surface area contributed by atoms with Crippen LogP contribution in [0.4, 0.5) is 5.82 Å². The predicted molar refractivity (Wildman–Crippen MR) is 75.5 cm³/mol. The van der Waals surface area contributed by atoms with Gasteiger partial charge < -0.3 is 10.0 Å². The van der Waals surface area contributed by atoms with Gasteiger partial charge in [-0.3, -0.25) is 4.79 Å². The van der Waals surface area contributed by atoms with Crippen molar-refractivity contribution in [2.24, 2.45) is 5.41 Å². The Bertz CT molecular complexity index is 565. The van der Waals surface area contributed by atoms with E-state index in [2.05, 4.69) is 11.1 Å². The second-order valence-corrected chi connectivity index (χ2v) is 5.40. The maximum Gasteiger partial charge on any atom is 0.311 e. The number of nitrogens with zero attached hydrogens (tertiary/aromatic N) is 3. The van der Waals surface area contributed by atoms with Crippen molar-refractivity contribution in [2.75, 3.05) is 18.0 Å². The highest BCUT2D eigenvalue weighted by Gasteiger charge is 2.41. The van der Waals surface area contributed by atoms with Crippen LogP contribution in [0.1, 0.15) is 37.3 Å². The number of carboxylic acid groups (broad SMARTS) is 1. The van der Waals surface area contributed by atoms with Gasteiger partial charge in [-0.2, -0.15) is 5.26 Å². The molecule has 0 bridgehead atoms. The molecule has 0 radical (unpaired) electrons. The lowest BCUT2D eigenvalue weighted by atomic mass is 9.77. The molecule has 1 aliphatic rings. The molecule has 1 aliphatic heterocycles. The summed E-state index contributed by atoms with van der Waals surface area (Å²) in [6.45, 7) is 4.95. The Hall–Kier alpha value is -2.09. The monoisotopic (exact) mass is 273 g/mol. The van der Waals surface area contributed by atoms with E-state index < -0.39 is 11.4 Å². The van der Waals surface area contributed by atoms with Crippen LogP contribution >= 0.6 is 0 Å². The second kappa shape index (κ2) is 5.49. The van der Waals surface area contributed by atoms with Crippen molar-refractivity contribution < 1.29 is 9.90 Å². The van der Waals surface area contributed by atoms with Crippen LogP contribution in [0.15, 0.2) is 12.3 Å². The third-order valence-electron chi connectivity index (χ3n) is 4.26. The van der Waals surface area contributed by atoms with E-state index in [1.165, 1.54) is 0 Å². The number of carbonyl (C=O) groups is 1. The Morgan fingerprint density at radius 3 is 3.00 bits per heavy atom. The Balaban J connectivity index is 2.37. The Kier molecular flexibility index (Phi) is 3.93. The molecule has 106 valence electrons. The summed E-state index contributed by atoms with van der Waals surface area (Å²) in [6, 6.07) is 3.99. The number of aliphatic carboxylic acids is 1. The lowest BCUT2D eigenvalue weighted by Gasteiger charge is -2.40. The molecule has 1 aromatic heterocycles. The number of aromatic nitrogens is 1. The maximum absolute atomic E-state index is 11.6. The standard InChI is InChI=1S/C15H19N3O2/c1-3-15(14(19)20)6-4-8-18(10-15)13-12(9-16)11(2)5-7-17-13/h5,7H,3-4,6,8,10H2,1-2H3,(H,19,20). The van der Waals surface area contributed by atoms with Crippen LogP contribution < -0.4 is 4.90 Å². The SMILES string of the molecule is CCC1(C(=O)O)CCCN(c2nccc(C)c2C#N)C1. The Morgan fingerprint density at radius 1 is 1.65 bits per heavy atom. The number of rotatable bonds is 3. The van der Waals surface area contributed by atoms with Gasteiger partial charge in [-0.15, -0.1) is 0 Å². The van der Waals surface area contributed by atoms with E-state index in [1.807, 2.05) is 18.7 Å². The van der Waals surface area contributed by atoms with Crippen molar-refractivity contribution in [1.82, 2.24) is 4.98 Å². The van der Waals surface area contributed by atoms with Crippen LogP contribution in [0, 0.1) is 23.7 Å². The molecule has 1 aromatic rings. The van der Waals surface area contributed by atoms with Gasteiger partial charge in [-0.1, -0.05) is 6.92 Å². The van der Waals surface area contributed by atoms with Crippen LogP contribution in [0.3, 0.4) is 0 Å². The van der Waals surface area contributed by atoms with E-state index in [9.17, 15) is 15.2 Å². The van der Waals surface area contributed by atoms with Crippen LogP contribution in [0.2, 0.25) is 0 Å². The summed E-state index contributed by atoms with van der Waals surface area (Å²) in [5.41, 5.74) is 0.696. The smallest absolute Gasteiger partial charge is 0.311 e. The molecular formula is C15H19N3O2. The Labute approximate surface area is 118 Å². The molecule has 0 aromatic carbocycles. The van der Waals surface area contributed by atoms with Crippen molar-refractivity contribution >= 4 is 11.8 Å². The highest BCUT2D eigenvalue weighted by Crippen LogP contribution is 2.36. The first kappa shape index (κ1) is 14.3. The first-order chi connectivity index (χ1) is 9.54. The molecule has 1 atom stereocenters. The zero-order chi connectivity index (χ0) is 14.8. The van der Waals surface area contributed by atoms with Gasteiger partial charge in [-0.05, 0) is 37.8 Å². The van der Waals surface area contributed by atoms with Crippen molar-refractivity contribution in [3.8, 4) is 6.07 Å². The summed E-state index contributed by atoms with van der Waals surface area (Å²) in [4.78, 5) is 17.8. The fraction of sp³-hybridized carbons (Fsp3) is 0.533. The summed E-state index contributed by atoms with van der Waals surface area (Å²) < 4.78 is 0. The van der Waals surface area contributed by atoms with E-state index >= 15 is 0 Å². The largest absolute Gasteiger partial charge is 0.481 e. The van der Waals surface area contributed by atoms with Crippen LogP contribution in [-0.2, 0) is 4.79 Å². The van der Waals surface area contributed by atoms with Gasteiger partial charge in [-0.25, -0.2) is 4.98 Å². The van der Waals surface area contributed by atoms with Crippen LogP contribution in [0.5, 0.6) is 0 Å². The van der Waals surface area contributed by atoms with E-state index in [0.29, 0.717) is 30.8 Å². The lowest BCUT2D eigenvalue weighted by Crippen LogP contribution is -2.48. The van der Waals surface area contributed by atoms with Crippen molar-refractivity contribution in [3.63, 3.8) is 0 Å². The summed E-state index contributed by atoms with van der Waals surface area (Å²) in [5.74, 6) is -0.137. The summed E-state index contributed by atoms with van der Waals surface area (Å²) in [6.07, 6.45) is 3.75. The third-order valence-corrected chi connectivity index (χ3v) is 4.26. The molecule has 5 heteroatoms. The molecule has 0 amide bonds. The quantitative estimate of drug-likeness (QED) is 0.914. The van der Waals surface area contributed by atoms with Gasteiger partial charge in [0.05, 0.1) is 11.0 Å². The second-order valence-electron chi connectivity index (χ2n) is 5.40. The highest BCUT2D eigenvalue weighted by molar-refractivity contribution is 5.76. The molecular weight excluding hydrogens is 254 g/mol. The molecule has 0 spiro atoms. The van der Waals surface area contributed by atoms with Gasteiger partial charge in [0.1, 0.15) is 11.9 Å². The van der Waals surface area contributed by atoms with E-state index in [1.54, 1.807) is 12.3 Å². The minimum Gasteiger partial charge on any atom is -0.481 e. The Morgan fingerprint density at radius 2 is 2.40 bits per heavy atom. The molecule has 20 heavy (non-hydrogen) atoms. The molecule has 1 unspecified atom stereocenters. The number of anilines is 1. The van der Waals surface area contributed by atoms with Gasteiger partial charge in [0, 0.05) is 19.3 Å². The fourth-order valence-corrected chi connectivity index (χ4v) is 2.85. The molecule has 2 rings (SSSR count). The van der Waals surface area contributed by atoms with Gasteiger partial charge in [0.15, 0.2) is 0 Å². The van der Waals surface area contributed by atoms with Crippen molar-refractivity contribution in [2.45, 2.75) is 33.1 Å². The number of piperidine rings is 1. The minimum absolute atomic E-state index is 0.421. The van der Waals surface area contributed by atoms with Crippen LogP contribution in [0.25, 0.3) is 0 Å². The topological polar surface area (TPSA) is 77.2 Å². The minimum atomic E-state index is -0.754. The van der Waals surface area contributed by atoms with Crippen molar-refractivity contribution in [3.05, 3.63) is 23.4 Å². The van der Waals surface area contributed by atoms with Crippen LogP contribution in [-0.4, -0.2) is 29.1 Å². The summed E-state index contributed by atoms with van der Waals surface area (Å²) in [5, 5.41) is 18.8. The number of pyridine rings is 1. The summed E-state index contributed by atoms with van der Waals surface area (Å²) in [7, 11) is 0. The van der Waals surface area contributed by atoms with E-state index in [4.69, 9.17) is 0 Å². The van der Waals surface area contributed by atoms with Crippen molar-refractivity contribution in [1.29, 1.82) is 5.26 Å². The molecule has 2 heterocycles. The maximum atomic E-state index is 11.6. The number of nitriles is 1. The van der Waals surface area contributed by atoms with Gasteiger partial charge in [0.25, 0.3) is 0 Å². The normalized spacial score (nSPS) is 22.4. The number of carboxylic acids is 1. The fourth-order valence-electron chi connectivity index (χ4n) is 2.85. The zero-order valence-electron chi connectivity index (χ0n) is 11.9. The number of hydrogen-bond donors (Lipinski definition) is 1. The zero-order valence-corrected chi connectivity index (χ0v) is 11.9. The van der Waals surface area contributed by atoms with E-state index in [-0.39, 0.29) is 0 Å². The highest BCUT2D eigenvalue weighted by atomic mass is 16.4. The predicted octanol–water partition coefficient (Wildman–Crippen LogP) is 2.34. The lowest BCUT2D eigenvalue weighted by molar-refractivity contribution is -0.149. The number of hydrogen-bond acceptors (Lipinski definition) is 4. The first-order valence-electron chi connectivity index (χ1n) is 6.88. The van der Waals surface area contributed by atoms with E-state index in [0.717, 1.165) is 18.5 Å². The van der Waals surface area contributed by atoms with Gasteiger partial charge in [0.2, 0.25) is 0 Å². The summed E-state index contributed by atoms with van der Waals surface area (Å²) >= 11 is 0. The van der Waals surface area contributed by atoms with Gasteiger partial charge >= 0.3 is 5.97 Å². The third kappa shape index (κ3) is 2.34. The molecule has 0 aliphatic carbocycles. The molecule has 0 saturated carbocycles.